The fraction of sp³-hybridized carbons (Fsp3) is 0.889. The van der Waals surface area contributed by atoms with Crippen LogP contribution in [0.2, 0.25) is 0 Å². The second kappa shape index (κ2) is 10.9. The van der Waals surface area contributed by atoms with Gasteiger partial charge in [-0.15, -0.1) is 5.10 Å². The van der Waals surface area contributed by atoms with E-state index in [9.17, 15) is 0 Å². The zero-order chi connectivity index (χ0) is 18.8. The summed E-state index contributed by atoms with van der Waals surface area (Å²) in [7, 11) is 0. The summed E-state index contributed by atoms with van der Waals surface area (Å²) in [5.41, 5.74) is 1.16. The molecule has 0 saturated carbocycles. The minimum absolute atomic E-state index is 0.0256. The Hall–Kier alpha value is -1.02. The van der Waals surface area contributed by atoms with Crippen LogP contribution in [-0.2, 0) is 26.2 Å². The van der Waals surface area contributed by atoms with Gasteiger partial charge in [0.1, 0.15) is 0 Å². The molecule has 0 radical (unpaired) electrons. The monoisotopic (exact) mass is 356 g/mol. The number of nitrogens with zero attached hydrogens (tertiary/aromatic N) is 3. The van der Waals surface area contributed by atoms with E-state index in [1.54, 1.807) is 0 Å². The number of aromatic nitrogens is 3. The molecule has 1 N–H and O–H groups in total. The highest BCUT2D eigenvalue weighted by atomic mass is 16.5. The zero-order valence-electron chi connectivity index (χ0n) is 16.8. The van der Waals surface area contributed by atoms with E-state index in [0.717, 1.165) is 12.2 Å². The molecule has 0 aromatic carbocycles. The van der Waals surface area contributed by atoms with E-state index >= 15 is 0 Å². The lowest BCUT2D eigenvalue weighted by atomic mass is 9.93. The SMILES string of the molecule is CC(C)(C)NCCOCCOCCOCCn1cc(C(C)(C)C)nn1. The molecule has 0 fully saturated rings. The van der Waals surface area contributed by atoms with Crippen molar-refractivity contribution in [2.45, 2.75) is 59.0 Å². The van der Waals surface area contributed by atoms with Gasteiger partial charge >= 0.3 is 0 Å². The molecule has 0 spiro atoms. The molecule has 7 heteroatoms. The second-order valence-electron chi connectivity index (χ2n) is 8.13. The molecular weight excluding hydrogens is 320 g/mol. The maximum Gasteiger partial charge on any atom is 0.0880 e. The Labute approximate surface area is 152 Å². The Morgan fingerprint density at radius 1 is 0.880 bits per heavy atom. The van der Waals surface area contributed by atoms with Gasteiger partial charge in [0.15, 0.2) is 0 Å². The smallest absolute Gasteiger partial charge is 0.0880 e. The molecule has 25 heavy (non-hydrogen) atoms. The van der Waals surface area contributed by atoms with Crippen molar-refractivity contribution in [2.24, 2.45) is 0 Å². The topological polar surface area (TPSA) is 70.4 Å². The van der Waals surface area contributed by atoms with Crippen LogP contribution in [0.5, 0.6) is 0 Å². The van der Waals surface area contributed by atoms with Crippen LogP contribution in [0, 0.1) is 0 Å². The van der Waals surface area contributed by atoms with Crippen LogP contribution in [0.25, 0.3) is 0 Å². The summed E-state index contributed by atoms with van der Waals surface area (Å²) in [4.78, 5) is 0. The van der Waals surface area contributed by atoms with Gasteiger partial charge < -0.3 is 19.5 Å². The first-order valence-corrected chi connectivity index (χ1v) is 9.07. The summed E-state index contributed by atoms with van der Waals surface area (Å²) in [6, 6.07) is 0. The molecule has 0 atom stereocenters. The molecule has 0 aliphatic heterocycles. The maximum absolute atomic E-state index is 5.55. The van der Waals surface area contributed by atoms with Gasteiger partial charge in [-0.25, -0.2) is 4.68 Å². The molecule has 0 aliphatic carbocycles. The zero-order valence-corrected chi connectivity index (χ0v) is 16.8. The van der Waals surface area contributed by atoms with Gasteiger partial charge in [0.2, 0.25) is 0 Å². The maximum atomic E-state index is 5.55. The van der Waals surface area contributed by atoms with Crippen molar-refractivity contribution >= 4 is 0 Å². The van der Waals surface area contributed by atoms with Crippen molar-refractivity contribution in [3.63, 3.8) is 0 Å². The van der Waals surface area contributed by atoms with E-state index in [-0.39, 0.29) is 11.0 Å². The lowest BCUT2D eigenvalue weighted by Crippen LogP contribution is -2.38. The van der Waals surface area contributed by atoms with Gasteiger partial charge in [0, 0.05) is 23.7 Å². The molecule has 0 unspecified atom stereocenters. The Balaban J connectivity index is 1.90. The summed E-state index contributed by atoms with van der Waals surface area (Å²) < 4.78 is 18.3. The van der Waals surface area contributed by atoms with E-state index in [1.165, 1.54) is 0 Å². The van der Waals surface area contributed by atoms with Crippen LogP contribution < -0.4 is 5.32 Å². The summed E-state index contributed by atoms with van der Waals surface area (Å²) in [6.07, 6.45) is 1.98. The normalized spacial score (nSPS) is 12.7. The molecule has 146 valence electrons. The number of hydrogen-bond acceptors (Lipinski definition) is 6. The summed E-state index contributed by atoms with van der Waals surface area (Å²) in [6.45, 7) is 18.0. The Bertz CT molecular complexity index is 464. The molecule has 1 aromatic heterocycles. The molecule has 0 bridgehead atoms. The molecule has 7 nitrogen and oxygen atoms in total. The first-order valence-electron chi connectivity index (χ1n) is 9.07. The molecule has 1 rings (SSSR count). The first-order chi connectivity index (χ1) is 11.7. The quantitative estimate of drug-likeness (QED) is 0.578. The third-order valence-electron chi connectivity index (χ3n) is 3.42. The summed E-state index contributed by atoms with van der Waals surface area (Å²) in [5.74, 6) is 0. The average molecular weight is 357 g/mol. The molecule has 0 saturated heterocycles. The second-order valence-corrected chi connectivity index (χ2v) is 8.13. The third kappa shape index (κ3) is 11.3. The van der Waals surface area contributed by atoms with Gasteiger partial charge in [0.25, 0.3) is 0 Å². The summed E-state index contributed by atoms with van der Waals surface area (Å²) in [5, 5.41) is 11.7. The minimum Gasteiger partial charge on any atom is -0.378 e. The highest BCUT2D eigenvalue weighted by molar-refractivity contribution is 5.06. The largest absolute Gasteiger partial charge is 0.378 e. The van der Waals surface area contributed by atoms with Gasteiger partial charge in [-0.3, -0.25) is 0 Å². The highest BCUT2D eigenvalue weighted by Crippen LogP contribution is 2.18. The fourth-order valence-electron chi connectivity index (χ4n) is 1.95. The van der Waals surface area contributed by atoms with E-state index in [1.807, 2.05) is 10.9 Å². The molecule has 1 aromatic rings. The van der Waals surface area contributed by atoms with Gasteiger partial charge in [-0.2, -0.15) is 0 Å². The predicted octanol–water partition coefficient (Wildman–Crippen LogP) is 2.01. The molecule has 0 aliphatic rings. The lowest BCUT2D eigenvalue weighted by Gasteiger charge is -2.20. The van der Waals surface area contributed by atoms with Crippen LogP contribution >= 0.6 is 0 Å². The van der Waals surface area contributed by atoms with Gasteiger partial charge in [-0.1, -0.05) is 26.0 Å². The van der Waals surface area contributed by atoms with Crippen molar-refractivity contribution in [1.29, 1.82) is 0 Å². The Morgan fingerprint density at radius 2 is 1.44 bits per heavy atom. The van der Waals surface area contributed by atoms with Gasteiger partial charge in [0.05, 0.1) is 51.9 Å². The molecule has 0 amide bonds. The van der Waals surface area contributed by atoms with Crippen LogP contribution in [0.4, 0.5) is 0 Å². The van der Waals surface area contributed by atoms with Gasteiger partial charge in [-0.05, 0) is 20.8 Å². The number of rotatable bonds is 12. The Morgan fingerprint density at radius 3 is 1.96 bits per heavy atom. The van der Waals surface area contributed by atoms with Crippen molar-refractivity contribution < 1.29 is 14.2 Å². The van der Waals surface area contributed by atoms with Crippen LogP contribution in [-0.4, -0.2) is 66.7 Å². The third-order valence-corrected chi connectivity index (χ3v) is 3.42. The lowest BCUT2D eigenvalue weighted by molar-refractivity contribution is 0.0127. The predicted molar refractivity (Wildman–Crippen MR) is 98.9 cm³/mol. The van der Waals surface area contributed by atoms with Crippen molar-refractivity contribution in [2.75, 3.05) is 46.2 Å². The highest BCUT2D eigenvalue weighted by Gasteiger charge is 2.17. The van der Waals surface area contributed by atoms with Crippen molar-refractivity contribution in [3.8, 4) is 0 Å². The van der Waals surface area contributed by atoms with Crippen molar-refractivity contribution in [1.82, 2.24) is 20.3 Å². The summed E-state index contributed by atoms with van der Waals surface area (Å²) >= 11 is 0. The first kappa shape index (κ1) is 22.0. The fourth-order valence-corrected chi connectivity index (χ4v) is 1.95. The number of hydrogen-bond donors (Lipinski definition) is 1. The van der Waals surface area contributed by atoms with E-state index in [4.69, 9.17) is 14.2 Å². The van der Waals surface area contributed by atoms with E-state index in [0.29, 0.717) is 46.2 Å². The van der Waals surface area contributed by atoms with E-state index < -0.39 is 0 Å². The van der Waals surface area contributed by atoms with E-state index in [2.05, 4.69) is 57.2 Å². The van der Waals surface area contributed by atoms with Crippen LogP contribution in [0.1, 0.15) is 47.2 Å². The number of ether oxygens (including phenoxy) is 3. The minimum atomic E-state index is 0.0256. The standard InChI is InChI=1S/C18H36N4O3/c1-17(2,3)16-15-22(21-20-16)8-10-24-12-14-25-13-11-23-9-7-19-18(4,5)6/h15,19H,7-14H2,1-6H3. The average Bonchev–Trinajstić information content (AvgIpc) is 2.96. The molecular formula is C18H36N4O3. The Kier molecular flexibility index (Phi) is 9.56. The number of nitrogens with one attached hydrogen (secondary N) is 1. The van der Waals surface area contributed by atoms with Crippen molar-refractivity contribution in [3.05, 3.63) is 11.9 Å². The van der Waals surface area contributed by atoms with Crippen LogP contribution in [0.3, 0.4) is 0 Å². The molecule has 1 heterocycles. The van der Waals surface area contributed by atoms with Crippen LogP contribution in [0.15, 0.2) is 6.20 Å².